The first-order valence-electron chi connectivity index (χ1n) is 6.41. The molecule has 0 saturated carbocycles. The van der Waals surface area contributed by atoms with E-state index in [2.05, 4.69) is 32.9 Å². The first-order chi connectivity index (χ1) is 8.32. The third-order valence-corrected chi connectivity index (χ3v) is 4.31. The van der Waals surface area contributed by atoms with E-state index in [0.717, 1.165) is 6.42 Å². The van der Waals surface area contributed by atoms with Crippen molar-refractivity contribution in [3.8, 4) is 0 Å². The van der Waals surface area contributed by atoms with Crippen LogP contribution in [0.1, 0.15) is 43.0 Å². The summed E-state index contributed by atoms with van der Waals surface area (Å²) >= 11 is 1.73. The second-order valence-corrected chi connectivity index (χ2v) is 6.63. The molecule has 1 rings (SSSR count). The quantitative estimate of drug-likeness (QED) is 0.892. The third-order valence-electron chi connectivity index (χ3n) is 3.14. The minimum absolute atomic E-state index is 0.0299. The Morgan fingerprint density at radius 1 is 1.39 bits per heavy atom. The van der Waals surface area contributed by atoms with E-state index in [0.29, 0.717) is 5.92 Å². The molecule has 0 aromatic carbocycles. The van der Waals surface area contributed by atoms with Crippen molar-refractivity contribution in [2.24, 2.45) is 11.7 Å². The fourth-order valence-corrected chi connectivity index (χ4v) is 2.90. The van der Waals surface area contributed by atoms with E-state index in [9.17, 15) is 4.79 Å². The maximum Gasteiger partial charge on any atom is 0.239 e. The molecule has 0 aliphatic heterocycles. The number of carbonyl (C=O) groups excluding carboxylic acids is 1. The van der Waals surface area contributed by atoms with Crippen LogP contribution in [0.3, 0.4) is 0 Å². The van der Waals surface area contributed by atoms with Crippen LogP contribution in [0.5, 0.6) is 0 Å². The standard InChI is InChI=1S/C14H24N2OS/c1-9(2)8-12(15)14(17)16(5)11(4)13-7-6-10(3)18-13/h6-7,9,11-12H,8,15H2,1-5H3/t11?,12-/m0/s1. The highest BCUT2D eigenvalue weighted by Gasteiger charge is 2.24. The van der Waals surface area contributed by atoms with Crippen LogP contribution in [-0.4, -0.2) is 23.9 Å². The van der Waals surface area contributed by atoms with Crippen molar-refractivity contribution < 1.29 is 4.79 Å². The van der Waals surface area contributed by atoms with Gasteiger partial charge in [0.25, 0.3) is 0 Å². The smallest absolute Gasteiger partial charge is 0.239 e. The molecule has 1 heterocycles. The predicted molar refractivity (Wildman–Crippen MR) is 77.7 cm³/mol. The highest BCUT2D eigenvalue weighted by Crippen LogP contribution is 2.26. The van der Waals surface area contributed by atoms with E-state index in [4.69, 9.17) is 5.73 Å². The summed E-state index contributed by atoms with van der Waals surface area (Å²) in [6.45, 7) is 8.29. The highest BCUT2D eigenvalue weighted by molar-refractivity contribution is 7.12. The number of hydrogen-bond acceptors (Lipinski definition) is 3. The van der Waals surface area contributed by atoms with Gasteiger partial charge in [0.2, 0.25) is 5.91 Å². The zero-order valence-electron chi connectivity index (χ0n) is 11.9. The second-order valence-electron chi connectivity index (χ2n) is 5.31. The van der Waals surface area contributed by atoms with Gasteiger partial charge < -0.3 is 10.6 Å². The van der Waals surface area contributed by atoms with Gasteiger partial charge >= 0.3 is 0 Å². The average molecular weight is 268 g/mol. The normalized spacial score (nSPS) is 14.6. The molecule has 1 amide bonds. The highest BCUT2D eigenvalue weighted by atomic mass is 32.1. The van der Waals surface area contributed by atoms with Crippen LogP contribution in [0, 0.1) is 12.8 Å². The summed E-state index contributed by atoms with van der Waals surface area (Å²) in [5, 5.41) is 0. The van der Waals surface area contributed by atoms with Crippen LogP contribution in [-0.2, 0) is 4.79 Å². The SMILES string of the molecule is Cc1ccc(C(C)N(C)C(=O)[C@@H](N)CC(C)C)s1. The van der Waals surface area contributed by atoms with Crippen molar-refractivity contribution in [3.63, 3.8) is 0 Å². The first kappa shape index (κ1) is 15.2. The summed E-state index contributed by atoms with van der Waals surface area (Å²) in [7, 11) is 1.84. The number of nitrogens with zero attached hydrogens (tertiary/aromatic N) is 1. The molecular formula is C14H24N2OS. The maximum absolute atomic E-state index is 12.2. The molecule has 4 heteroatoms. The molecule has 1 unspecified atom stereocenters. The molecule has 1 aromatic rings. The Kier molecular flexibility index (Phi) is 5.35. The van der Waals surface area contributed by atoms with Crippen LogP contribution in [0.2, 0.25) is 0 Å². The molecule has 18 heavy (non-hydrogen) atoms. The number of aryl methyl sites for hydroxylation is 1. The molecule has 0 bridgehead atoms. The maximum atomic E-state index is 12.2. The molecule has 102 valence electrons. The van der Waals surface area contributed by atoms with Gasteiger partial charge in [-0.1, -0.05) is 13.8 Å². The van der Waals surface area contributed by atoms with E-state index >= 15 is 0 Å². The number of nitrogens with two attached hydrogens (primary N) is 1. The average Bonchev–Trinajstić information content (AvgIpc) is 2.72. The van der Waals surface area contributed by atoms with Gasteiger partial charge in [-0.2, -0.15) is 0 Å². The first-order valence-corrected chi connectivity index (χ1v) is 7.23. The van der Waals surface area contributed by atoms with E-state index in [1.54, 1.807) is 16.2 Å². The lowest BCUT2D eigenvalue weighted by Crippen LogP contribution is -2.43. The van der Waals surface area contributed by atoms with Crippen LogP contribution >= 0.6 is 11.3 Å². The van der Waals surface area contributed by atoms with Crippen LogP contribution < -0.4 is 5.73 Å². The number of carbonyl (C=O) groups is 1. The summed E-state index contributed by atoms with van der Waals surface area (Å²) in [6.07, 6.45) is 0.735. The molecule has 1 aromatic heterocycles. The van der Waals surface area contributed by atoms with Crippen LogP contribution in [0.4, 0.5) is 0 Å². The Labute approximate surface area is 114 Å². The van der Waals surface area contributed by atoms with Gasteiger partial charge in [-0.15, -0.1) is 11.3 Å². The second kappa shape index (κ2) is 6.34. The van der Waals surface area contributed by atoms with Crippen LogP contribution in [0.25, 0.3) is 0 Å². The number of hydrogen-bond donors (Lipinski definition) is 1. The number of thiophene rings is 1. The molecule has 0 spiro atoms. The Hall–Kier alpha value is -0.870. The molecule has 0 radical (unpaired) electrons. The monoisotopic (exact) mass is 268 g/mol. The van der Waals surface area contributed by atoms with Gasteiger partial charge in [-0.05, 0) is 38.3 Å². The van der Waals surface area contributed by atoms with Crippen molar-refractivity contribution in [2.75, 3.05) is 7.05 Å². The molecule has 0 fully saturated rings. The van der Waals surface area contributed by atoms with Gasteiger partial charge in [0.05, 0.1) is 12.1 Å². The largest absolute Gasteiger partial charge is 0.337 e. The van der Waals surface area contributed by atoms with E-state index in [1.807, 2.05) is 14.0 Å². The van der Waals surface area contributed by atoms with Crippen molar-refractivity contribution in [2.45, 2.75) is 46.2 Å². The molecule has 0 saturated heterocycles. The number of amides is 1. The third kappa shape index (κ3) is 3.82. The van der Waals surface area contributed by atoms with Gasteiger partial charge in [-0.3, -0.25) is 4.79 Å². The minimum atomic E-state index is -0.390. The summed E-state index contributed by atoms with van der Waals surface area (Å²) in [5.41, 5.74) is 5.95. The topological polar surface area (TPSA) is 46.3 Å². The molecule has 0 aliphatic rings. The van der Waals surface area contributed by atoms with Crippen molar-refractivity contribution in [1.29, 1.82) is 0 Å². The van der Waals surface area contributed by atoms with E-state index in [1.165, 1.54) is 9.75 Å². The van der Waals surface area contributed by atoms with Crippen molar-refractivity contribution >= 4 is 17.2 Å². The predicted octanol–water partition coefficient (Wildman–Crippen LogP) is 2.95. The molecule has 2 N–H and O–H groups in total. The zero-order chi connectivity index (χ0) is 13.9. The number of rotatable bonds is 5. The molecule has 3 nitrogen and oxygen atoms in total. The van der Waals surface area contributed by atoms with Gasteiger partial charge in [0, 0.05) is 16.8 Å². The van der Waals surface area contributed by atoms with Crippen molar-refractivity contribution in [1.82, 2.24) is 4.90 Å². The molecule has 0 aliphatic carbocycles. The lowest BCUT2D eigenvalue weighted by Gasteiger charge is -2.27. The molecule has 2 atom stereocenters. The Morgan fingerprint density at radius 3 is 2.44 bits per heavy atom. The summed E-state index contributed by atoms with van der Waals surface area (Å²) in [5.74, 6) is 0.471. The summed E-state index contributed by atoms with van der Waals surface area (Å²) in [4.78, 5) is 16.4. The molecular weight excluding hydrogens is 244 g/mol. The Bertz CT molecular complexity index is 400. The summed E-state index contributed by atoms with van der Waals surface area (Å²) < 4.78 is 0. The lowest BCUT2D eigenvalue weighted by molar-refractivity contribution is -0.133. The number of likely N-dealkylation sites (N-methyl/N-ethyl adjacent to an activating group) is 1. The lowest BCUT2D eigenvalue weighted by atomic mass is 10.0. The Morgan fingerprint density at radius 2 is 2.00 bits per heavy atom. The fourth-order valence-electron chi connectivity index (χ4n) is 1.93. The Balaban J connectivity index is 2.68. The minimum Gasteiger partial charge on any atom is -0.337 e. The fraction of sp³-hybridized carbons (Fsp3) is 0.643. The van der Waals surface area contributed by atoms with Gasteiger partial charge in [0.1, 0.15) is 0 Å². The van der Waals surface area contributed by atoms with Crippen LogP contribution in [0.15, 0.2) is 12.1 Å². The summed E-state index contributed by atoms with van der Waals surface area (Å²) in [6, 6.07) is 3.87. The zero-order valence-corrected chi connectivity index (χ0v) is 12.8. The van der Waals surface area contributed by atoms with Gasteiger partial charge in [0.15, 0.2) is 0 Å². The van der Waals surface area contributed by atoms with Crippen molar-refractivity contribution in [3.05, 3.63) is 21.9 Å². The van der Waals surface area contributed by atoms with Gasteiger partial charge in [-0.25, -0.2) is 0 Å². The van der Waals surface area contributed by atoms with E-state index < -0.39 is 6.04 Å². The van der Waals surface area contributed by atoms with E-state index in [-0.39, 0.29) is 11.9 Å².